The number of anilines is 1. The van der Waals surface area contributed by atoms with Gasteiger partial charge in [-0.3, -0.25) is 4.79 Å². The summed E-state index contributed by atoms with van der Waals surface area (Å²) in [5.41, 5.74) is 1.89. The largest absolute Gasteiger partial charge is 0.357 e. The molecule has 1 amide bonds. The van der Waals surface area contributed by atoms with E-state index in [-0.39, 0.29) is 11.9 Å². The number of carbonyl (C=O) groups excluding carboxylic acids is 1. The van der Waals surface area contributed by atoms with E-state index in [1.807, 2.05) is 26.1 Å². The predicted molar refractivity (Wildman–Crippen MR) is 83.5 cm³/mol. The van der Waals surface area contributed by atoms with E-state index in [4.69, 9.17) is 0 Å². The summed E-state index contributed by atoms with van der Waals surface area (Å²) < 4.78 is 1.79. The average Bonchev–Trinajstić information content (AvgIpc) is 2.90. The second kappa shape index (κ2) is 6.56. The minimum atomic E-state index is -0.340. The number of rotatable bonds is 6. The average molecular weight is 289 g/mol. The van der Waals surface area contributed by atoms with Crippen molar-refractivity contribution in [3.63, 3.8) is 0 Å². The second-order valence-electron chi connectivity index (χ2n) is 5.49. The van der Waals surface area contributed by atoms with E-state index >= 15 is 0 Å². The number of amides is 1. The molecule has 0 spiro atoms. The maximum Gasteiger partial charge on any atom is 0.242 e. The van der Waals surface area contributed by atoms with Gasteiger partial charge in [-0.25, -0.2) is 9.50 Å². The number of carbonyl (C=O) groups is 1. The molecule has 6 heteroatoms. The number of nitrogens with zero attached hydrogens (tertiary/aromatic N) is 3. The first-order valence-corrected chi connectivity index (χ1v) is 7.41. The minimum Gasteiger partial charge on any atom is -0.357 e. The lowest BCUT2D eigenvalue weighted by molar-refractivity contribution is -0.121. The molecule has 2 aromatic heterocycles. The Labute approximate surface area is 125 Å². The van der Waals surface area contributed by atoms with Gasteiger partial charge in [-0.05, 0) is 25.3 Å². The summed E-state index contributed by atoms with van der Waals surface area (Å²) in [7, 11) is 0. The van der Waals surface area contributed by atoms with Crippen molar-refractivity contribution >= 4 is 17.2 Å². The van der Waals surface area contributed by atoms with E-state index in [1.54, 1.807) is 10.7 Å². The molecule has 0 fully saturated rings. The van der Waals surface area contributed by atoms with Crippen molar-refractivity contribution in [3.05, 3.63) is 24.2 Å². The van der Waals surface area contributed by atoms with Gasteiger partial charge < -0.3 is 10.6 Å². The molecule has 114 valence electrons. The fourth-order valence-electron chi connectivity index (χ4n) is 2.01. The van der Waals surface area contributed by atoms with E-state index in [2.05, 4.69) is 34.6 Å². The maximum atomic E-state index is 11.9. The summed E-state index contributed by atoms with van der Waals surface area (Å²) in [5, 5.41) is 10.5. The van der Waals surface area contributed by atoms with Crippen molar-refractivity contribution in [2.45, 2.75) is 46.1 Å². The standard InChI is InChI=1S/C15H23N5O/c1-5-6-17-15(21)11(4)18-14-13-9-12(10(2)3)19-20(13)8-7-16-14/h7-11H,5-6H2,1-4H3,(H,16,18)(H,17,21). The molecule has 0 aromatic carbocycles. The molecule has 0 aliphatic rings. The highest BCUT2D eigenvalue weighted by Crippen LogP contribution is 2.20. The van der Waals surface area contributed by atoms with Gasteiger partial charge in [-0.1, -0.05) is 20.8 Å². The highest BCUT2D eigenvalue weighted by Gasteiger charge is 2.15. The van der Waals surface area contributed by atoms with Gasteiger partial charge in [0.05, 0.1) is 5.69 Å². The van der Waals surface area contributed by atoms with Crippen molar-refractivity contribution in [1.82, 2.24) is 19.9 Å². The van der Waals surface area contributed by atoms with Gasteiger partial charge >= 0.3 is 0 Å². The summed E-state index contributed by atoms with van der Waals surface area (Å²) in [5.74, 6) is 1.00. The molecule has 6 nitrogen and oxygen atoms in total. The third kappa shape index (κ3) is 3.51. The molecule has 2 rings (SSSR count). The molecule has 2 aromatic rings. The topological polar surface area (TPSA) is 71.3 Å². The molecular formula is C15H23N5O. The first kappa shape index (κ1) is 15.3. The Morgan fingerprint density at radius 1 is 1.38 bits per heavy atom. The number of aromatic nitrogens is 3. The van der Waals surface area contributed by atoms with Crippen molar-refractivity contribution in [3.8, 4) is 0 Å². The molecular weight excluding hydrogens is 266 g/mol. The van der Waals surface area contributed by atoms with Gasteiger partial charge in [0.25, 0.3) is 0 Å². The minimum absolute atomic E-state index is 0.0238. The Morgan fingerprint density at radius 2 is 2.14 bits per heavy atom. The molecule has 2 N–H and O–H groups in total. The fourth-order valence-corrected chi connectivity index (χ4v) is 2.01. The van der Waals surface area contributed by atoms with E-state index in [0.717, 1.165) is 17.6 Å². The third-order valence-corrected chi connectivity index (χ3v) is 3.30. The van der Waals surface area contributed by atoms with E-state index in [0.29, 0.717) is 18.3 Å². The molecule has 1 unspecified atom stereocenters. The van der Waals surface area contributed by atoms with Crippen molar-refractivity contribution in [1.29, 1.82) is 0 Å². The molecule has 0 aliphatic carbocycles. The summed E-state index contributed by atoms with van der Waals surface area (Å²) in [6.07, 6.45) is 4.42. The van der Waals surface area contributed by atoms with Crippen LogP contribution >= 0.6 is 0 Å². The molecule has 21 heavy (non-hydrogen) atoms. The molecule has 0 bridgehead atoms. The Morgan fingerprint density at radius 3 is 2.81 bits per heavy atom. The lowest BCUT2D eigenvalue weighted by Crippen LogP contribution is -2.38. The zero-order chi connectivity index (χ0) is 15.4. The molecule has 0 saturated carbocycles. The molecule has 2 heterocycles. The first-order valence-electron chi connectivity index (χ1n) is 7.41. The Balaban J connectivity index is 2.20. The number of hydrogen-bond acceptors (Lipinski definition) is 4. The number of nitrogens with one attached hydrogen (secondary N) is 2. The summed E-state index contributed by atoms with van der Waals surface area (Å²) >= 11 is 0. The SMILES string of the molecule is CCCNC(=O)C(C)Nc1nccn2nc(C(C)C)cc12. The fraction of sp³-hybridized carbons (Fsp3) is 0.533. The number of hydrogen-bond donors (Lipinski definition) is 2. The lowest BCUT2D eigenvalue weighted by Gasteiger charge is -2.14. The van der Waals surface area contributed by atoms with Crippen LogP contribution in [-0.2, 0) is 4.79 Å². The monoisotopic (exact) mass is 289 g/mol. The van der Waals surface area contributed by atoms with Gasteiger partial charge in [-0.15, -0.1) is 0 Å². The van der Waals surface area contributed by atoms with Crippen LogP contribution in [0.3, 0.4) is 0 Å². The van der Waals surface area contributed by atoms with E-state index < -0.39 is 0 Å². The van der Waals surface area contributed by atoms with E-state index in [1.165, 1.54) is 0 Å². The zero-order valence-electron chi connectivity index (χ0n) is 13.1. The quantitative estimate of drug-likeness (QED) is 0.855. The summed E-state index contributed by atoms with van der Waals surface area (Å²) in [6.45, 7) is 8.75. The van der Waals surface area contributed by atoms with Crippen molar-refractivity contribution < 1.29 is 4.79 Å². The number of fused-ring (bicyclic) bond motifs is 1. The molecule has 1 atom stereocenters. The smallest absolute Gasteiger partial charge is 0.242 e. The van der Waals surface area contributed by atoms with Gasteiger partial charge in [0.1, 0.15) is 11.6 Å². The van der Waals surface area contributed by atoms with Crippen LogP contribution < -0.4 is 10.6 Å². The highest BCUT2D eigenvalue weighted by molar-refractivity contribution is 5.85. The van der Waals surface area contributed by atoms with Gasteiger partial charge in [0, 0.05) is 18.9 Å². The van der Waals surface area contributed by atoms with Crippen molar-refractivity contribution in [2.24, 2.45) is 0 Å². The van der Waals surface area contributed by atoms with Crippen LogP contribution in [0.5, 0.6) is 0 Å². The third-order valence-electron chi connectivity index (χ3n) is 3.30. The Kier molecular flexibility index (Phi) is 4.77. The Bertz CT molecular complexity index is 620. The molecule has 0 radical (unpaired) electrons. The maximum absolute atomic E-state index is 11.9. The van der Waals surface area contributed by atoms with Crippen molar-refractivity contribution in [2.75, 3.05) is 11.9 Å². The highest BCUT2D eigenvalue weighted by atomic mass is 16.2. The second-order valence-corrected chi connectivity index (χ2v) is 5.49. The van der Waals surface area contributed by atoms with Crippen LogP contribution in [0.15, 0.2) is 18.5 Å². The van der Waals surface area contributed by atoms with Crippen LogP contribution in [-0.4, -0.2) is 33.1 Å². The zero-order valence-corrected chi connectivity index (χ0v) is 13.1. The van der Waals surface area contributed by atoms with Gasteiger partial charge in [-0.2, -0.15) is 5.10 Å². The summed E-state index contributed by atoms with van der Waals surface area (Å²) in [4.78, 5) is 16.3. The normalized spacial score (nSPS) is 12.6. The van der Waals surface area contributed by atoms with Gasteiger partial charge in [0.2, 0.25) is 5.91 Å². The van der Waals surface area contributed by atoms with Gasteiger partial charge in [0.15, 0.2) is 5.82 Å². The van der Waals surface area contributed by atoms with E-state index in [9.17, 15) is 4.79 Å². The lowest BCUT2D eigenvalue weighted by atomic mass is 10.1. The van der Waals surface area contributed by atoms with Crippen LogP contribution in [0.1, 0.15) is 45.7 Å². The van der Waals surface area contributed by atoms with Crippen LogP contribution in [0.4, 0.5) is 5.82 Å². The van der Waals surface area contributed by atoms with Crippen LogP contribution in [0.2, 0.25) is 0 Å². The molecule has 0 saturated heterocycles. The van der Waals surface area contributed by atoms with Crippen LogP contribution in [0.25, 0.3) is 5.52 Å². The van der Waals surface area contributed by atoms with Crippen LogP contribution in [0, 0.1) is 0 Å². The molecule has 0 aliphatic heterocycles. The first-order chi connectivity index (χ1) is 10.0. The Hall–Kier alpha value is -2.11. The predicted octanol–water partition coefficient (Wildman–Crippen LogP) is 2.18. The summed E-state index contributed by atoms with van der Waals surface area (Å²) in [6, 6.07) is 1.67.